The fourth-order valence-electron chi connectivity index (χ4n) is 0.0707. The zero-order valence-corrected chi connectivity index (χ0v) is 4.59. The Hall–Kier alpha value is -0.120. The van der Waals surface area contributed by atoms with E-state index in [-0.39, 0.29) is 13.2 Å². The van der Waals surface area contributed by atoms with Gasteiger partial charge in [-0.25, -0.2) is 0 Å². The first-order chi connectivity index (χ1) is 3.41. The molecule has 7 heavy (non-hydrogen) atoms. The molecule has 3 heteroatoms. The van der Waals surface area contributed by atoms with Crippen molar-refractivity contribution in [2.75, 3.05) is 20.3 Å². The molecule has 46 valence electrons. The van der Waals surface area contributed by atoms with Gasteiger partial charge >= 0.3 is 0 Å². The monoisotopic (exact) mass is 107 g/mol. The highest BCUT2D eigenvalue weighted by atomic mass is 16.3. The molecule has 0 atom stereocenters. The van der Waals surface area contributed by atoms with E-state index in [0.29, 0.717) is 6.42 Å². The van der Waals surface area contributed by atoms with Gasteiger partial charge in [0.1, 0.15) is 0 Å². The van der Waals surface area contributed by atoms with Crippen molar-refractivity contribution in [2.45, 2.75) is 6.42 Å². The molecule has 0 saturated heterocycles. The van der Waals surface area contributed by atoms with Gasteiger partial charge in [0.25, 0.3) is 0 Å². The highest BCUT2D eigenvalue weighted by molar-refractivity contribution is 4.22. The largest absolute Gasteiger partial charge is 0.396 e. The molecule has 0 amide bonds. The summed E-state index contributed by atoms with van der Waals surface area (Å²) in [6, 6.07) is 0. The standard InChI is InChI=1S/C3H8O2.CH5N/c4-2-1-3-5;1-2/h4-5H,1-3H2;2H2,1H3. The van der Waals surface area contributed by atoms with E-state index in [2.05, 4.69) is 5.73 Å². The zero-order chi connectivity index (χ0) is 6.12. The van der Waals surface area contributed by atoms with Crippen LogP contribution in [0.5, 0.6) is 0 Å². The van der Waals surface area contributed by atoms with E-state index in [1.165, 1.54) is 7.05 Å². The lowest BCUT2D eigenvalue weighted by Gasteiger charge is -1.79. The van der Waals surface area contributed by atoms with E-state index in [1.807, 2.05) is 0 Å². The summed E-state index contributed by atoms with van der Waals surface area (Å²) in [6.07, 6.45) is 0.500. The van der Waals surface area contributed by atoms with E-state index in [9.17, 15) is 0 Å². The molecule has 3 nitrogen and oxygen atoms in total. The minimum atomic E-state index is 0.0938. The highest BCUT2D eigenvalue weighted by Gasteiger charge is 1.70. The van der Waals surface area contributed by atoms with E-state index < -0.39 is 0 Å². The van der Waals surface area contributed by atoms with Crippen molar-refractivity contribution in [3.63, 3.8) is 0 Å². The molecule has 0 fully saturated rings. The number of hydrogen-bond acceptors (Lipinski definition) is 3. The maximum atomic E-state index is 7.91. The van der Waals surface area contributed by atoms with Gasteiger partial charge in [0.05, 0.1) is 0 Å². The number of rotatable bonds is 2. The maximum Gasteiger partial charge on any atom is 0.0452 e. The normalized spacial score (nSPS) is 6.86. The Bertz CT molecular complexity index is 17.2. The molecule has 0 aromatic heterocycles. The summed E-state index contributed by atoms with van der Waals surface area (Å²) in [4.78, 5) is 0. The molecule has 0 bridgehead atoms. The molecule has 0 aliphatic rings. The summed E-state index contributed by atoms with van der Waals surface area (Å²) < 4.78 is 0. The Kier molecular flexibility index (Phi) is 24.1. The molecule has 0 saturated carbocycles. The molecule has 0 radical (unpaired) electrons. The van der Waals surface area contributed by atoms with Crippen LogP contribution in [0.1, 0.15) is 6.42 Å². The predicted molar refractivity (Wildman–Crippen MR) is 28.9 cm³/mol. The van der Waals surface area contributed by atoms with Gasteiger partial charge in [-0.3, -0.25) is 0 Å². The summed E-state index contributed by atoms with van der Waals surface area (Å²) in [5.41, 5.74) is 4.50. The van der Waals surface area contributed by atoms with Gasteiger partial charge in [0.2, 0.25) is 0 Å². The van der Waals surface area contributed by atoms with Crippen LogP contribution in [0.25, 0.3) is 0 Å². The number of aliphatic hydroxyl groups is 2. The van der Waals surface area contributed by atoms with Crippen molar-refractivity contribution < 1.29 is 10.2 Å². The Morgan fingerprint density at radius 2 is 1.43 bits per heavy atom. The lowest BCUT2D eigenvalue weighted by Crippen LogP contribution is -1.85. The summed E-state index contributed by atoms with van der Waals surface area (Å²) in [6.45, 7) is 0.188. The molecule has 0 aliphatic heterocycles. The van der Waals surface area contributed by atoms with Crippen molar-refractivity contribution in [2.24, 2.45) is 5.73 Å². The highest BCUT2D eigenvalue weighted by Crippen LogP contribution is 1.65. The van der Waals surface area contributed by atoms with E-state index in [1.54, 1.807) is 0 Å². The van der Waals surface area contributed by atoms with Gasteiger partial charge in [0, 0.05) is 13.2 Å². The van der Waals surface area contributed by atoms with Crippen LogP contribution in [0.3, 0.4) is 0 Å². The van der Waals surface area contributed by atoms with Crippen molar-refractivity contribution in [1.82, 2.24) is 0 Å². The third-order valence-electron chi connectivity index (χ3n) is 0.316. The van der Waals surface area contributed by atoms with E-state index >= 15 is 0 Å². The SMILES string of the molecule is CN.OCCCO. The molecular weight excluding hydrogens is 94.0 g/mol. The third kappa shape index (κ3) is 25.0. The van der Waals surface area contributed by atoms with Crippen LogP contribution >= 0.6 is 0 Å². The molecule has 0 aromatic rings. The van der Waals surface area contributed by atoms with Gasteiger partial charge in [-0.15, -0.1) is 0 Å². The zero-order valence-electron chi connectivity index (χ0n) is 4.59. The van der Waals surface area contributed by atoms with Gasteiger partial charge < -0.3 is 15.9 Å². The van der Waals surface area contributed by atoms with Gasteiger partial charge in [-0.2, -0.15) is 0 Å². The molecule has 0 unspecified atom stereocenters. The van der Waals surface area contributed by atoms with Crippen LogP contribution in [-0.2, 0) is 0 Å². The fraction of sp³-hybridized carbons (Fsp3) is 1.00. The lowest BCUT2D eigenvalue weighted by molar-refractivity contribution is 0.221. The van der Waals surface area contributed by atoms with Crippen molar-refractivity contribution >= 4 is 0 Å². The summed E-state index contributed by atoms with van der Waals surface area (Å²) in [5.74, 6) is 0. The van der Waals surface area contributed by atoms with Gasteiger partial charge in [-0.1, -0.05) is 0 Å². The number of hydrogen-bond donors (Lipinski definition) is 3. The smallest absolute Gasteiger partial charge is 0.0452 e. The Morgan fingerprint density at radius 3 is 1.43 bits per heavy atom. The molecular formula is C4H13NO2. The number of aliphatic hydroxyl groups excluding tert-OH is 2. The first kappa shape index (κ1) is 9.99. The molecule has 4 N–H and O–H groups in total. The molecule has 0 heterocycles. The third-order valence-corrected chi connectivity index (χ3v) is 0.316. The Balaban J connectivity index is 0. The Morgan fingerprint density at radius 1 is 1.14 bits per heavy atom. The second-order valence-corrected chi connectivity index (χ2v) is 0.801. The summed E-state index contributed by atoms with van der Waals surface area (Å²) in [5, 5.41) is 15.8. The topological polar surface area (TPSA) is 66.5 Å². The second kappa shape index (κ2) is 16.9. The quantitative estimate of drug-likeness (QED) is 0.421. The summed E-state index contributed by atoms with van der Waals surface area (Å²) >= 11 is 0. The van der Waals surface area contributed by atoms with Crippen molar-refractivity contribution in [3.05, 3.63) is 0 Å². The van der Waals surface area contributed by atoms with Crippen molar-refractivity contribution in [3.8, 4) is 0 Å². The van der Waals surface area contributed by atoms with Crippen LogP contribution in [0.4, 0.5) is 0 Å². The predicted octanol–water partition coefficient (Wildman–Crippen LogP) is -1.06. The first-order valence-electron chi connectivity index (χ1n) is 2.21. The van der Waals surface area contributed by atoms with Crippen LogP contribution in [0.2, 0.25) is 0 Å². The van der Waals surface area contributed by atoms with Crippen LogP contribution < -0.4 is 5.73 Å². The van der Waals surface area contributed by atoms with Gasteiger partial charge in [0.15, 0.2) is 0 Å². The number of nitrogens with two attached hydrogens (primary N) is 1. The van der Waals surface area contributed by atoms with Crippen LogP contribution in [0.15, 0.2) is 0 Å². The van der Waals surface area contributed by atoms with Crippen LogP contribution in [-0.4, -0.2) is 30.5 Å². The maximum absolute atomic E-state index is 7.91. The van der Waals surface area contributed by atoms with Crippen LogP contribution in [0, 0.1) is 0 Å². The average Bonchev–Trinajstić information content (AvgIpc) is 1.75. The molecule has 0 rings (SSSR count). The van der Waals surface area contributed by atoms with E-state index in [4.69, 9.17) is 10.2 Å². The first-order valence-corrected chi connectivity index (χ1v) is 2.21. The average molecular weight is 107 g/mol. The lowest BCUT2D eigenvalue weighted by atomic mass is 10.5. The van der Waals surface area contributed by atoms with Crippen molar-refractivity contribution in [1.29, 1.82) is 0 Å². The molecule has 0 aromatic carbocycles. The van der Waals surface area contributed by atoms with E-state index in [0.717, 1.165) is 0 Å². The second-order valence-electron chi connectivity index (χ2n) is 0.801. The summed E-state index contributed by atoms with van der Waals surface area (Å²) in [7, 11) is 1.50. The Labute approximate surface area is 43.8 Å². The molecule has 0 aliphatic carbocycles. The fourth-order valence-corrected chi connectivity index (χ4v) is 0.0707. The minimum Gasteiger partial charge on any atom is -0.396 e. The molecule has 0 spiro atoms. The minimum absolute atomic E-state index is 0.0938. The van der Waals surface area contributed by atoms with Gasteiger partial charge in [-0.05, 0) is 13.5 Å².